The summed E-state index contributed by atoms with van der Waals surface area (Å²) in [4.78, 5) is 9.94. The van der Waals surface area contributed by atoms with Crippen LogP contribution >= 0.6 is 0 Å². The van der Waals surface area contributed by atoms with Crippen LogP contribution < -0.4 is 0 Å². The van der Waals surface area contributed by atoms with E-state index < -0.39 is 34.9 Å². The Morgan fingerprint density at radius 3 is 2.14 bits per heavy atom. The van der Waals surface area contributed by atoms with E-state index in [9.17, 15) is 26.3 Å². The molecule has 4 aromatic rings. The minimum absolute atomic E-state index is 0.0737. The molecule has 0 aliphatic carbocycles. The van der Waals surface area contributed by atoms with Crippen LogP contribution in [0.5, 0.6) is 0 Å². The van der Waals surface area contributed by atoms with Crippen molar-refractivity contribution in [3.63, 3.8) is 0 Å². The van der Waals surface area contributed by atoms with Gasteiger partial charge in [0.2, 0.25) is 5.95 Å². The monoisotopic (exact) mass is 393 g/mol. The summed E-state index contributed by atoms with van der Waals surface area (Å²) >= 11 is 0. The van der Waals surface area contributed by atoms with Crippen LogP contribution in [-0.2, 0) is 6.18 Å². The number of halogens is 6. The Morgan fingerprint density at radius 1 is 0.821 bits per heavy atom. The molecule has 0 saturated carbocycles. The number of nitrogens with one attached hydrogen (secondary N) is 1. The summed E-state index contributed by atoms with van der Waals surface area (Å²) in [6, 6.07) is 7.18. The van der Waals surface area contributed by atoms with Crippen LogP contribution in [0, 0.1) is 17.6 Å². The molecule has 0 aliphatic heterocycles. The molecule has 9 heteroatoms. The Morgan fingerprint density at radius 2 is 1.54 bits per heavy atom. The molecule has 0 saturated heterocycles. The van der Waals surface area contributed by atoms with E-state index in [-0.39, 0.29) is 22.4 Å². The van der Waals surface area contributed by atoms with Gasteiger partial charge < -0.3 is 4.98 Å². The number of rotatable bonds is 2. The fourth-order valence-electron chi connectivity index (χ4n) is 2.81. The number of H-pyrrole nitrogens is 1. The summed E-state index contributed by atoms with van der Waals surface area (Å²) in [6.45, 7) is 0. The molecule has 142 valence electrons. The van der Waals surface area contributed by atoms with E-state index in [1.807, 2.05) is 0 Å². The van der Waals surface area contributed by atoms with Gasteiger partial charge >= 0.3 is 6.18 Å². The Bertz CT molecular complexity index is 1160. The predicted molar refractivity (Wildman–Crippen MR) is 89.6 cm³/mol. The van der Waals surface area contributed by atoms with Crippen molar-refractivity contribution >= 4 is 11.0 Å². The van der Waals surface area contributed by atoms with Crippen molar-refractivity contribution in [3.05, 3.63) is 71.8 Å². The molecular weight excluding hydrogens is 384 g/mol. The SMILES string of the molecule is Fc1ccc(-c2cc(F)c(-c3nc4cc(C(F)(F)F)ccc4[nH]3)c(F)c2)cn1. The molecule has 0 radical (unpaired) electrons. The highest BCUT2D eigenvalue weighted by atomic mass is 19.4. The first kappa shape index (κ1) is 18.0. The van der Waals surface area contributed by atoms with Crippen molar-refractivity contribution in [2.75, 3.05) is 0 Å². The van der Waals surface area contributed by atoms with Gasteiger partial charge in [-0.05, 0) is 48.0 Å². The summed E-state index contributed by atoms with van der Waals surface area (Å²) in [5.41, 5.74) is -0.877. The van der Waals surface area contributed by atoms with Crippen LogP contribution in [0.4, 0.5) is 26.3 Å². The van der Waals surface area contributed by atoms with E-state index in [1.54, 1.807) is 0 Å². The largest absolute Gasteiger partial charge is 0.416 e. The molecule has 0 bridgehead atoms. The van der Waals surface area contributed by atoms with Gasteiger partial charge in [-0.2, -0.15) is 17.6 Å². The highest BCUT2D eigenvalue weighted by molar-refractivity contribution is 5.81. The number of hydrogen-bond donors (Lipinski definition) is 1. The fraction of sp³-hybridized carbons (Fsp3) is 0.0526. The summed E-state index contributed by atoms with van der Waals surface area (Å²) in [7, 11) is 0. The average Bonchev–Trinajstić information content (AvgIpc) is 3.03. The van der Waals surface area contributed by atoms with Gasteiger partial charge in [-0.1, -0.05) is 0 Å². The first-order valence-electron chi connectivity index (χ1n) is 7.91. The third kappa shape index (κ3) is 3.19. The van der Waals surface area contributed by atoms with E-state index in [2.05, 4.69) is 15.0 Å². The quantitative estimate of drug-likeness (QED) is 0.349. The lowest BCUT2D eigenvalue weighted by Gasteiger charge is -2.06. The highest BCUT2D eigenvalue weighted by Crippen LogP contribution is 2.33. The molecule has 4 rings (SSSR count). The van der Waals surface area contributed by atoms with E-state index in [0.29, 0.717) is 5.56 Å². The van der Waals surface area contributed by atoms with Crippen molar-refractivity contribution in [2.45, 2.75) is 6.18 Å². The lowest BCUT2D eigenvalue weighted by atomic mass is 10.0. The Hall–Kier alpha value is -3.36. The maximum Gasteiger partial charge on any atom is 0.416 e. The number of alkyl halides is 3. The number of benzene rings is 2. The first-order valence-corrected chi connectivity index (χ1v) is 7.91. The van der Waals surface area contributed by atoms with Gasteiger partial charge in [-0.15, -0.1) is 0 Å². The van der Waals surface area contributed by atoms with Gasteiger partial charge in [0.25, 0.3) is 0 Å². The summed E-state index contributed by atoms with van der Waals surface area (Å²) < 4.78 is 80.5. The zero-order chi connectivity index (χ0) is 20.1. The Labute approximate surface area is 153 Å². The van der Waals surface area contributed by atoms with Crippen LogP contribution in [0.3, 0.4) is 0 Å². The number of pyridine rings is 1. The number of nitrogens with zero attached hydrogens (tertiary/aromatic N) is 2. The molecule has 0 fully saturated rings. The van der Waals surface area contributed by atoms with Gasteiger partial charge in [0.05, 0.1) is 22.2 Å². The van der Waals surface area contributed by atoms with E-state index >= 15 is 0 Å². The number of aromatic amines is 1. The zero-order valence-corrected chi connectivity index (χ0v) is 13.8. The molecule has 0 spiro atoms. The molecule has 3 nitrogen and oxygen atoms in total. The lowest BCUT2D eigenvalue weighted by Crippen LogP contribution is -2.04. The van der Waals surface area contributed by atoms with Gasteiger partial charge in [0.15, 0.2) is 0 Å². The summed E-state index contributed by atoms with van der Waals surface area (Å²) in [6.07, 6.45) is -3.43. The van der Waals surface area contributed by atoms with Gasteiger partial charge in [-0.25, -0.2) is 18.7 Å². The smallest absolute Gasteiger partial charge is 0.338 e. The van der Waals surface area contributed by atoms with Crippen LogP contribution in [0.1, 0.15) is 5.56 Å². The topological polar surface area (TPSA) is 41.6 Å². The van der Waals surface area contributed by atoms with Gasteiger partial charge in [0.1, 0.15) is 17.5 Å². The van der Waals surface area contributed by atoms with Crippen LogP contribution in [0.2, 0.25) is 0 Å². The molecule has 0 unspecified atom stereocenters. The van der Waals surface area contributed by atoms with Crippen molar-refractivity contribution in [2.24, 2.45) is 0 Å². The second kappa shape index (κ2) is 6.36. The third-order valence-electron chi connectivity index (χ3n) is 4.15. The fourth-order valence-corrected chi connectivity index (χ4v) is 2.81. The number of aromatic nitrogens is 3. The van der Waals surface area contributed by atoms with E-state index in [1.165, 1.54) is 6.07 Å². The zero-order valence-electron chi connectivity index (χ0n) is 13.8. The number of fused-ring (bicyclic) bond motifs is 1. The molecule has 1 N–H and O–H groups in total. The molecule has 28 heavy (non-hydrogen) atoms. The molecule has 2 aromatic carbocycles. The predicted octanol–water partition coefficient (Wildman–Crippen LogP) is 5.73. The van der Waals surface area contributed by atoms with Gasteiger partial charge in [-0.3, -0.25) is 0 Å². The van der Waals surface area contributed by atoms with E-state index in [0.717, 1.165) is 42.6 Å². The van der Waals surface area contributed by atoms with Crippen molar-refractivity contribution in [3.8, 4) is 22.5 Å². The first-order chi connectivity index (χ1) is 13.2. The molecule has 0 atom stereocenters. The molecule has 2 aromatic heterocycles. The Balaban J connectivity index is 1.79. The highest BCUT2D eigenvalue weighted by Gasteiger charge is 2.31. The van der Waals surface area contributed by atoms with Crippen molar-refractivity contribution in [1.82, 2.24) is 15.0 Å². The maximum absolute atomic E-state index is 14.6. The minimum atomic E-state index is -4.56. The standard InChI is InChI=1S/C19H9F6N3/c20-12-5-10(9-1-4-16(22)26-8-9)6-13(21)17(12)18-27-14-3-2-11(19(23,24)25)7-15(14)28-18/h1-8H,(H,27,28). The summed E-state index contributed by atoms with van der Waals surface area (Å²) in [5.74, 6) is -2.93. The number of imidazole rings is 1. The molecule has 0 aliphatic rings. The van der Waals surface area contributed by atoms with E-state index in [4.69, 9.17) is 0 Å². The number of hydrogen-bond acceptors (Lipinski definition) is 2. The molecule has 2 heterocycles. The lowest BCUT2D eigenvalue weighted by molar-refractivity contribution is -0.137. The van der Waals surface area contributed by atoms with Crippen LogP contribution in [0.15, 0.2) is 48.7 Å². The molecule has 0 amide bonds. The minimum Gasteiger partial charge on any atom is -0.338 e. The third-order valence-corrected chi connectivity index (χ3v) is 4.15. The maximum atomic E-state index is 14.6. The van der Waals surface area contributed by atoms with Crippen LogP contribution in [-0.4, -0.2) is 15.0 Å². The average molecular weight is 393 g/mol. The van der Waals surface area contributed by atoms with Gasteiger partial charge in [0, 0.05) is 11.8 Å². The van der Waals surface area contributed by atoms with Crippen molar-refractivity contribution in [1.29, 1.82) is 0 Å². The second-order valence-corrected chi connectivity index (χ2v) is 6.00. The summed E-state index contributed by atoms with van der Waals surface area (Å²) in [5, 5.41) is 0. The second-order valence-electron chi connectivity index (χ2n) is 6.00. The van der Waals surface area contributed by atoms with Crippen molar-refractivity contribution < 1.29 is 26.3 Å². The normalized spacial score (nSPS) is 11.9. The molecular formula is C19H9F6N3. The van der Waals surface area contributed by atoms with Crippen LogP contribution in [0.25, 0.3) is 33.5 Å². The Kier molecular flexibility index (Phi) is 4.10.